The van der Waals surface area contributed by atoms with Gasteiger partial charge in [-0.2, -0.15) is 0 Å². The van der Waals surface area contributed by atoms with Crippen LogP contribution in [0.1, 0.15) is 18.4 Å². The molecule has 0 atom stereocenters. The van der Waals surface area contributed by atoms with Crippen molar-refractivity contribution in [2.45, 2.75) is 19.3 Å². The first-order valence-electron chi connectivity index (χ1n) is 9.47. The van der Waals surface area contributed by atoms with E-state index in [0.717, 1.165) is 40.6 Å². The quantitative estimate of drug-likeness (QED) is 0.513. The van der Waals surface area contributed by atoms with Gasteiger partial charge >= 0.3 is 0 Å². The Morgan fingerprint density at radius 1 is 1.04 bits per heavy atom. The molecular weight excluding hydrogens is 350 g/mol. The number of carbonyl (C=O) groups is 1. The second-order valence-electron chi connectivity index (χ2n) is 7.32. The molecule has 4 aromatic rings. The number of aromatic nitrogens is 2. The number of nitrogens with zero attached hydrogens (tertiary/aromatic N) is 1. The van der Waals surface area contributed by atoms with E-state index in [1.165, 1.54) is 0 Å². The molecule has 5 rings (SSSR count). The van der Waals surface area contributed by atoms with Crippen molar-refractivity contribution in [3.8, 4) is 0 Å². The molecule has 1 aliphatic carbocycles. The van der Waals surface area contributed by atoms with E-state index in [1.807, 2.05) is 54.6 Å². The number of fused-ring (bicyclic) bond motifs is 3. The number of benzene rings is 2. The van der Waals surface area contributed by atoms with Crippen LogP contribution in [0.25, 0.3) is 21.8 Å². The van der Waals surface area contributed by atoms with Crippen LogP contribution >= 0.6 is 0 Å². The first-order chi connectivity index (χ1) is 13.7. The summed E-state index contributed by atoms with van der Waals surface area (Å²) in [7, 11) is 0. The SMILES string of the molecule is O=C(Cc1ccc(Nc2ccnc3[nH]c(=O)c4ccccc4c23)cc1)C1CC1. The molecule has 1 fully saturated rings. The summed E-state index contributed by atoms with van der Waals surface area (Å²) in [6.07, 6.45) is 4.28. The Morgan fingerprint density at radius 2 is 1.79 bits per heavy atom. The summed E-state index contributed by atoms with van der Waals surface area (Å²) in [5, 5.41) is 5.81. The van der Waals surface area contributed by atoms with Gasteiger partial charge in [-0.15, -0.1) is 0 Å². The van der Waals surface area contributed by atoms with E-state index < -0.39 is 0 Å². The lowest BCUT2D eigenvalue weighted by molar-refractivity contribution is -0.119. The maximum absolute atomic E-state index is 12.3. The second kappa shape index (κ2) is 6.60. The molecule has 0 radical (unpaired) electrons. The van der Waals surface area contributed by atoms with Gasteiger partial charge in [0.2, 0.25) is 0 Å². The van der Waals surface area contributed by atoms with Crippen molar-refractivity contribution < 1.29 is 4.79 Å². The molecule has 28 heavy (non-hydrogen) atoms. The van der Waals surface area contributed by atoms with Gasteiger partial charge in [0.1, 0.15) is 11.4 Å². The molecule has 2 aromatic heterocycles. The third kappa shape index (κ3) is 3.05. The molecule has 0 unspecified atom stereocenters. The van der Waals surface area contributed by atoms with E-state index in [4.69, 9.17) is 0 Å². The summed E-state index contributed by atoms with van der Waals surface area (Å²) in [4.78, 5) is 31.5. The minimum absolute atomic E-state index is 0.141. The van der Waals surface area contributed by atoms with Gasteiger partial charge in [0.25, 0.3) is 5.56 Å². The number of Topliss-reactive ketones (excluding diaryl/α,β-unsaturated/α-hetero) is 1. The van der Waals surface area contributed by atoms with Crippen LogP contribution in [0.4, 0.5) is 11.4 Å². The maximum Gasteiger partial charge on any atom is 0.257 e. The summed E-state index contributed by atoms with van der Waals surface area (Å²) in [6, 6.07) is 17.4. The Balaban J connectivity index is 1.50. The number of hydrogen-bond donors (Lipinski definition) is 2. The average molecular weight is 369 g/mol. The van der Waals surface area contributed by atoms with Crippen LogP contribution in [-0.2, 0) is 11.2 Å². The smallest absolute Gasteiger partial charge is 0.257 e. The topological polar surface area (TPSA) is 74.8 Å². The molecule has 138 valence electrons. The third-order valence-corrected chi connectivity index (χ3v) is 5.27. The summed E-state index contributed by atoms with van der Waals surface area (Å²) >= 11 is 0. The van der Waals surface area contributed by atoms with Crippen molar-refractivity contribution in [3.63, 3.8) is 0 Å². The van der Waals surface area contributed by atoms with Gasteiger partial charge in [-0.1, -0.05) is 30.3 Å². The highest BCUT2D eigenvalue weighted by Crippen LogP contribution is 2.32. The molecule has 1 saturated carbocycles. The minimum Gasteiger partial charge on any atom is -0.355 e. The minimum atomic E-state index is -0.141. The number of nitrogens with one attached hydrogen (secondary N) is 2. The first-order valence-corrected chi connectivity index (χ1v) is 9.47. The van der Waals surface area contributed by atoms with Gasteiger partial charge < -0.3 is 10.3 Å². The second-order valence-corrected chi connectivity index (χ2v) is 7.32. The normalized spacial score (nSPS) is 13.7. The fourth-order valence-corrected chi connectivity index (χ4v) is 3.62. The number of rotatable bonds is 5. The summed E-state index contributed by atoms with van der Waals surface area (Å²) in [5.74, 6) is 0.632. The van der Waals surface area contributed by atoms with Crippen molar-refractivity contribution in [1.82, 2.24) is 9.97 Å². The Kier molecular flexibility index (Phi) is 3.93. The molecule has 0 amide bonds. The predicted octanol–water partition coefficient (Wildman–Crippen LogP) is 4.34. The number of H-pyrrole nitrogens is 1. The standard InChI is InChI=1S/C23H19N3O2/c27-20(15-7-8-15)13-14-5-9-16(10-6-14)25-19-11-12-24-22-21(19)17-3-1-2-4-18(17)23(28)26-22/h1-6,9-12,15H,7-8,13H2,(H2,24,25,26,28). The summed E-state index contributed by atoms with van der Waals surface area (Å²) in [6.45, 7) is 0. The van der Waals surface area contributed by atoms with Crippen molar-refractivity contribution in [1.29, 1.82) is 0 Å². The number of anilines is 2. The molecule has 0 spiro atoms. The number of carbonyl (C=O) groups excluding carboxylic acids is 1. The van der Waals surface area contributed by atoms with Crippen LogP contribution in [0.3, 0.4) is 0 Å². The number of pyridine rings is 2. The van der Waals surface area contributed by atoms with Crippen LogP contribution in [0, 0.1) is 5.92 Å². The average Bonchev–Trinajstić information content (AvgIpc) is 3.55. The zero-order valence-electron chi connectivity index (χ0n) is 15.2. The largest absolute Gasteiger partial charge is 0.355 e. The highest BCUT2D eigenvalue weighted by atomic mass is 16.1. The lowest BCUT2D eigenvalue weighted by atomic mass is 10.1. The zero-order valence-corrected chi connectivity index (χ0v) is 15.2. The Morgan fingerprint density at radius 3 is 2.54 bits per heavy atom. The number of hydrogen-bond acceptors (Lipinski definition) is 4. The van der Waals surface area contributed by atoms with Crippen molar-refractivity contribution in [3.05, 3.63) is 76.7 Å². The van der Waals surface area contributed by atoms with Crippen LogP contribution in [0.5, 0.6) is 0 Å². The van der Waals surface area contributed by atoms with Gasteiger partial charge in [-0.3, -0.25) is 9.59 Å². The van der Waals surface area contributed by atoms with Crippen molar-refractivity contribution in [2.75, 3.05) is 5.32 Å². The van der Waals surface area contributed by atoms with Crippen LogP contribution < -0.4 is 10.9 Å². The monoisotopic (exact) mass is 369 g/mol. The molecule has 5 nitrogen and oxygen atoms in total. The van der Waals surface area contributed by atoms with Crippen LogP contribution in [0.2, 0.25) is 0 Å². The summed E-state index contributed by atoms with van der Waals surface area (Å²) < 4.78 is 0. The van der Waals surface area contributed by atoms with E-state index >= 15 is 0 Å². The van der Waals surface area contributed by atoms with Crippen molar-refractivity contribution in [2.24, 2.45) is 5.92 Å². The van der Waals surface area contributed by atoms with Crippen molar-refractivity contribution >= 4 is 39.0 Å². The van der Waals surface area contributed by atoms with Gasteiger partial charge in [0.15, 0.2) is 0 Å². The van der Waals surface area contributed by atoms with Gasteiger partial charge in [-0.05, 0) is 42.7 Å². The lowest BCUT2D eigenvalue weighted by Crippen LogP contribution is -2.08. The van der Waals surface area contributed by atoms with E-state index in [1.54, 1.807) is 6.20 Å². The van der Waals surface area contributed by atoms with Crippen LogP contribution in [0.15, 0.2) is 65.6 Å². The highest BCUT2D eigenvalue weighted by molar-refractivity contribution is 6.10. The molecule has 0 bridgehead atoms. The predicted molar refractivity (Wildman–Crippen MR) is 111 cm³/mol. The maximum atomic E-state index is 12.3. The Bertz CT molecular complexity index is 1250. The lowest BCUT2D eigenvalue weighted by Gasteiger charge is -2.12. The molecular formula is C23H19N3O2. The van der Waals surface area contributed by atoms with E-state index in [0.29, 0.717) is 23.2 Å². The zero-order chi connectivity index (χ0) is 19.1. The van der Waals surface area contributed by atoms with Gasteiger partial charge in [-0.25, -0.2) is 4.98 Å². The molecule has 2 aromatic carbocycles. The Hall–Kier alpha value is -3.47. The fourth-order valence-electron chi connectivity index (χ4n) is 3.62. The Labute approximate surface area is 161 Å². The fraction of sp³-hybridized carbons (Fsp3) is 0.174. The first kappa shape index (κ1) is 16.7. The highest BCUT2D eigenvalue weighted by Gasteiger charge is 2.28. The van der Waals surface area contributed by atoms with E-state index in [9.17, 15) is 9.59 Å². The third-order valence-electron chi connectivity index (χ3n) is 5.27. The molecule has 2 heterocycles. The number of aromatic amines is 1. The molecule has 1 aliphatic rings. The van der Waals surface area contributed by atoms with Crippen LogP contribution in [-0.4, -0.2) is 15.8 Å². The van der Waals surface area contributed by atoms with Gasteiger partial charge in [0, 0.05) is 40.4 Å². The van der Waals surface area contributed by atoms with E-state index in [-0.39, 0.29) is 11.5 Å². The van der Waals surface area contributed by atoms with Gasteiger partial charge in [0.05, 0.1) is 5.69 Å². The number of ketones is 1. The summed E-state index contributed by atoms with van der Waals surface area (Å²) in [5.41, 5.74) is 3.25. The van der Waals surface area contributed by atoms with E-state index in [2.05, 4.69) is 15.3 Å². The molecule has 0 saturated heterocycles. The molecule has 5 heteroatoms. The molecule has 2 N–H and O–H groups in total. The molecule has 0 aliphatic heterocycles.